The van der Waals surface area contributed by atoms with Gasteiger partial charge in [0.2, 0.25) is 10.0 Å². The first-order valence-electron chi connectivity index (χ1n) is 6.07. The Morgan fingerprint density at radius 2 is 2.00 bits per heavy atom. The fraction of sp³-hybridized carbons (Fsp3) is 0.385. The zero-order valence-corrected chi connectivity index (χ0v) is 12.8. The zero-order chi connectivity index (χ0) is 16.2. The van der Waals surface area contributed by atoms with E-state index < -0.39 is 27.9 Å². The summed E-state index contributed by atoms with van der Waals surface area (Å²) in [6, 6.07) is 5.39. The molecule has 1 aromatic carbocycles. The number of ether oxygens (including phenoxy) is 1. The van der Waals surface area contributed by atoms with Crippen molar-refractivity contribution in [3.05, 3.63) is 29.8 Å². The van der Waals surface area contributed by atoms with Crippen molar-refractivity contribution in [1.82, 2.24) is 4.31 Å². The molecule has 21 heavy (non-hydrogen) atoms. The van der Waals surface area contributed by atoms with E-state index in [1.807, 2.05) is 0 Å². The molecule has 0 heterocycles. The van der Waals surface area contributed by atoms with Crippen LogP contribution in [0.5, 0.6) is 0 Å². The highest BCUT2D eigenvalue weighted by Crippen LogP contribution is 2.17. The maximum absolute atomic E-state index is 12.3. The number of carbonyl (C=O) groups excluding carboxylic acids is 1. The van der Waals surface area contributed by atoms with Gasteiger partial charge in [-0.3, -0.25) is 4.79 Å². The van der Waals surface area contributed by atoms with Crippen LogP contribution in [0.4, 0.5) is 0 Å². The van der Waals surface area contributed by atoms with Gasteiger partial charge in [-0.15, -0.1) is 0 Å². The highest BCUT2D eigenvalue weighted by Gasteiger charge is 2.25. The normalized spacial score (nSPS) is 13.0. The molecule has 0 spiro atoms. The lowest BCUT2D eigenvalue weighted by Gasteiger charge is -2.19. The second-order valence-corrected chi connectivity index (χ2v) is 6.59. The SMILES string of the molecule is COC(=O)c1cccc(S(=O)(=O)N(C)CC(C)C(=O)O)c1. The molecule has 7 nitrogen and oxygen atoms in total. The van der Waals surface area contributed by atoms with Crippen molar-refractivity contribution in [2.45, 2.75) is 11.8 Å². The van der Waals surface area contributed by atoms with Gasteiger partial charge in [0.15, 0.2) is 0 Å². The predicted octanol–water partition coefficient (Wildman–Crippen LogP) is 0.814. The molecule has 8 heteroatoms. The molecule has 0 saturated heterocycles. The molecule has 0 aliphatic heterocycles. The van der Waals surface area contributed by atoms with Gasteiger partial charge in [-0.05, 0) is 18.2 Å². The molecule has 0 aliphatic carbocycles. The maximum atomic E-state index is 12.3. The topological polar surface area (TPSA) is 101 Å². The number of rotatable bonds is 6. The van der Waals surface area contributed by atoms with E-state index in [4.69, 9.17) is 5.11 Å². The lowest BCUT2D eigenvalue weighted by atomic mass is 10.2. The number of carboxylic acids is 1. The summed E-state index contributed by atoms with van der Waals surface area (Å²) in [5.74, 6) is -2.57. The van der Waals surface area contributed by atoms with Gasteiger partial charge in [0.1, 0.15) is 0 Å². The maximum Gasteiger partial charge on any atom is 0.337 e. The van der Waals surface area contributed by atoms with Gasteiger partial charge in [0.05, 0.1) is 23.5 Å². The minimum absolute atomic E-state index is 0.0921. The largest absolute Gasteiger partial charge is 0.481 e. The lowest BCUT2D eigenvalue weighted by Crippen LogP contribution is -2.33. The molecule has 1 N–H and O–H groups in total. The molecule has 1 unspecified atom stereocenters. The molecule has 0 fully saturated rings. The van der Waals surface area contributed by atoms with Crippen LogP contribution >= 0.6 is 0 Å². The molecular formula is C13H17NO6S. The number of hydrogen-bond donors (Lipinski definition) is 1. The summed E-state index contributed by atoms with van der Waals surface area (Å²) in [6.45, 7) is 1.25. The summed E-state index contributed by atoms with van der Waals surface area (Å²) < 4.78 is 30.2. The molecular weight excluding hydrogens is 298 g/mol. The predicted molar refractivity (Wildman–Crippen MR) is 74.4 cm³/mol. The van der Waals surface area contributed by atoms with Gasteiger partial charge in [-0.25, -0.2) is 17.5 Å². The third-order valence-corrected chi connectivity index (χ3v) is 4.74. The van der Waals surface area contributed by atoms with Crippen molar-refractivity contribution in [2.24, 2.45) is 5.92 Å². The van der Waals surface area contributed by atoms with Crippen LogP contribution in [-0.2, 0) is 19.6 Å². The van der Waals surface area contributed by atoms with Gasteiger partial charge in [0.25, 0.3) is 0 Å². The summed E-state index contributed by atoms with van der Waals surface area (Å²) in [5, 5.41) is 8.83. The van der Waals surface area contributed by atoms with Crippen molar-refractivity contribution in [1.29, 1.82) is 0 Å². The highest BCUT2D eigenvalue weighted by molar-refractivity contribution is 7.89. The third kappa shape index (κ3) is 4.02. The van der Waals surface area contributed by atoms with Crippen LogP contribution in [-0.4, -0.2) is 50.5 Å². The number of carboxylic acid groups (broad SMARTS) is 1. The molecule has 0 radical (unpaired) electrons. The van der Waals surface area contributed by atoms with Crippen molar-refractivity contribution < 1.29 is 27.9 Å². The second-order valence-electron chi connectivity index (χ2n) is 4.54. The zero-order valence-electron chi connectivity index (χ0n) is 11.9. The quantitative estimate of drug-likeness (QED) is 0.780. The summed E-state index contributed by atoms with van der Waals surface area (Å²) >= 11 is 0. The first-order valence-corrected chi connectivity index (χ1v) is 7.51. The standard InChI is InChI=1S/C13H17NO6S/c1-9(12(15)16)8-14(2)21(18,19)11-6-4-5-10(7-11)13(17)20-3/h4-7,9H,8H2,1-3H3,(H,15,16). The van der Waals surface area contributed by atoms with Gasteiger partial charge in [-0.1, -0.05) is 13.0 Å². The van der Waals surface area contributed by atoms with Gasteiger partial charge < -0.3 is 9.84 Å². The van der Waals surface area contributed by atoms with E-state index in [0.717, 1.165) is 4.31 Å². The Hall–Kier alpha value is -1.93. The molecule has 1 atom stereocenters. The number of aliphatic carboxylic acids is 1. The monoisotopic (exact) mass is 315 g/mol. The molecule has 116 valence electrons. The number of methoxy groups -OCH3 is 1. The van der Waals surface area contributed by atoms with E-state index >= 15 is 0 Å². The summed E-state index contributed by atoms with van der Waals surface area (Å²) in [4.78, 5) is 22.1. The van der Waals surface area contributed by atoms with Crippen molar-refractivity contribution in [3.63, 3.8) is 0 Å². The number of nitrogens with zero attached hydrogens (tertiary/aromatic N) is 1. The van der Waals surface area contributed by atoms with Crippen LogP contribution in [0.3, 0.4) is 0 Å². The minimum Gasteiger partial charge on any atom is -0.481 e. The Bertz CT molecular complexity index is 640. The van der Waals surface area contributed by atoms with Crippen LogP contribution in [0.1, 0.15) is 17.3 Å². The van der Waals surface area contributed by atoms with E-state index in [-0.39, 0.29) is 17.0 Å². The Kier molecular flexibility index (Phi) is 5.45. The fourth-order valence-corrected chi connectivity index (χ4v) is 2.95. The fourth-order valence-electron chi connectivity index (χ4n) is 1.64. The van der Waals surface area contributed by atoms with Gasteiger partial charge >= 0.3 is 11.9 Å². The Balaban J connectivity index is 3.07. The summed E-state index contributed by atoms with van der Waals surface area (Å²) in [5.41, 5.74) is 0.109. The van der Waals surface area contributed by atoms with Crippen LogP contribution in [0.2, 0.25) is 0 Å². The van der Waals surface area contributed by atoms with E-state index in [2.05, 4.69) is 4.74 Å². The first-order chi connectivity index (χ1) is 9.70. The van der Waals surface area contributed by atoms with E-state index in [0.29, 0.717) is 0 Å². The number of sulfonamides is 1. The third-order valence-electron chi connectivity index (χ3n) is 2.92. The number of carbonyl (C=O) groups is 2. The molecule has 0 aliphatic rings. The molecule has 0 amide bonds. The average molecular weight is 315 g/mol. The summed E-state index contributed by atoms with van der Waals surface area (Å²) in [7, 11) is -1.38. The van der Waals surface area contributed by atoms with Crippen LogP contribution in [0.15, 0.2) is 29.2 Å². The summed E-state index contributed by atoms with van der Waals surface area (Å²) in [6.07, 6.45) is 0. The molecule has 0 saturated carbocycles. The Morgan fingerprint density at radius 3 is 2.52 bits per heavy atom. The van der Waals surface area contributed by atoms with Crippen LogP contribution in [0, 0.1) is 5.92 Å². The average Bonchev–Trinajstić information content (AvgIpc) is 2.46. The molecule has 1 rings (SSSR count). The first kappa shape index (κ1) is 17.1. The highest BCUT2D eigenvalue weighted by atomic mass is 32.2. The van der Waals surface area contributed by atoms with Crippen LogP contribution in [0.25, 0.3) is 0 Å². The Morgan fingerprint density at radius 1 is 1.38 bits per heavy atom. The van der Waals surface area contributed by atoms with Gasteiger partial charge in [0, 0.05) is 13.6 Å². The number of benzene rings is 1. The number of esters is 1. The smallest absolute Gasteiger partial charge is 0.337 e. The Labute approximate surface area is 123 Å². The van der Waals surface area contributed by atoms with E-state index in [1.165, 1.54) is 45.3 Å². The van der Waals surface area contributed by atoms with Crippen molar-refractivity contribution in [3.8, 4) is 0 Å². The second kappa shape index (κ2) is 6.68. The van der Waals surface area contributed by atoms with E-state index in [9.17, 15) is 18.0 Å². The van der Waals surface area contributed by atoms with Crippen molar-refractivity contribution >= 4 is 22.0 Å². The number of hydrogen-bond acceptors (Lipinski definition) is 5. The van der Waals surface area contributed by atoms with Gasteiger partial charge in [-0.2, -0.15) is 0 Å². The van der Waals surface area contributed by atoms with Crippen LogP contribution < -0.4 is 0 Å². The van der Waals surface area contributed by atoms with Crippen molar-refractivity contribution in [2.75, 3.05) is 20.7 Å². The lowest BCUT2D eigenvalue weighted by molar-refractivity contribution is -0.141. The molecule has 0 aromatic heterocycles. The minimum atomic E-state index is -3.87. The molecule has 1 aromatic rings. The van der Waals surface area contributed by atoms with E-state index in [1.54, 1.807) is 0 Å². The molecule has 0 bridgehead atoms.